The first-order valence-corrected chi connectivity index (χ1v) is 8.14. The minimum absolute atomic E-state index is 0.00195. The lowest BCUT2D eigenvalue weighted by Crippen LogP contribution is -2.09. The highest BCUT2D eigenvalue weighted by Crippen LogP contribution is 2.26. The molecule has 0 radical (unpaired) electrons. The van der Waals surface area contributed by atoms with Crippen molar-refractivity contribution in [3.8, 4) is 11.5 Å². The molecule has 2 aromatic rings. The molecule has 0 aliphatic heterocycles. The van der Waals surface area contributed by atoms with Crippen LogP contribution in [0.25, 0.3) is 0 Å². The number of sulfone groups is 1. The van der Waals surface area contributed by atoms with E-state index in [1.54, 1.807) is 6.07 Å². The fourth-order valence-corrected chi connectivity index (χ4v) is 2.38. The molecule has 2 N–H and O–H groups in total. The number of rotatable bonds is 4. The van der Waals surface area contributed by atoms with Crippen LogP contribution in [0.2, 0.25) is 0 Å². The van der Waals surface area contributed by atoms with Crippen molar-refractivity contribution in [2.75, 3.05) is 6.26 Å². The quantitative estimate of drug-likeness (QED) is 0.875. The number of hydrogen-bond acceptors (Lipinski definition) is 4. The third-order valence-corrected chi connectivity index (χ3v) is 4.06. The third kappa shape index (κ3) is 3.77. The molecule has 2 aromatic carbocycles. The Hall–Kier alpha value is -1.99. The molecule has 0 unspecified atom stereocenters. The van der Waals surface area contributed by atoms with Crippen molar-refractivity contribution in [1.29, 1.82) is 0 Å². The minimum Gasteiger partial charge on any atom is -0.454 e. The van der Waals surface area contributed by atoms with E-state index in [1.165, 1.54) is 36.4 Å². The molecule has 0 bridgehead atoms. The van der Waals surface area contributed by atoms with Gasteiger partial charge in [-0.05, 0) is 42.5 Å². The number of hydrogen-bond donors (Lipinski definition) is 1. The molecule has 0 aliphatic rings. The lowest BCUT2D eigenvalue weighted by atomic mass is 10.2. The highest BCUT2D eigenvalue weighted by molar-refractivity contribution is 7.90. The van der Waals surface area contributed by atoms with Crippen LogP contribution in [0.5, 0.6) is 11.5 Å². The van der Waals surface area contributed by atoms with Gasteiger partial charge in [0.15, 0.2) is 21.4 Å². The maximum absolute atomic E-state index is 13.8. The Morgan fingerprint density at radius 3 is 2.29 bits per heavy atom. The predicted octanol–water partition coefficient (Wildman–Crippen LogP) is 2.66. The molecule has 0 amide bonds. The second-order valence-corrected chi connectivity index (χ2v) is 6.81. The molecule has 0 aliphatic carbocycles. The first-order valence-electron chi connectivity index (χ1n) is 5.85. The van der Waals surface area contributed by atoms with Crippen LogP contribution in [-0.2, 0) is 9.84 Å². The van der Waals surface area contributed by atoms with E-state index in [1.807, 2.05) is 0 Å². The zero-order valence-electron chi connectivity index (χ0n) is 11.0. The summed E-state index contributed by atoms with van der Waals surface area (Å²) in [4.78, 5) is 0.261. The van der Waals surface area contributed by atoms with Gasteiger partial charge in [0, 0.05) is 11.8 Å². The fraction of sp³-hybridized carbons (Fsp3) is 0.0714. The normalized spacial score (nSPS) is 11.1. The largest absolute Gasteiger partial charge is 0.454 e. The topological polar surface area (TPSA) is 69.4 Å². The number of thiocarbonyl (C=S) groups is 1. The fourth-order valence-electron chi connectivity index (χ4n) is 1.62. The molecule has 4 nitrogen and oxygen atoms in total. The Morgan fingerprint density at radius 2 is 1.81 bits per heavy atom. The van der Waals surface area contributed by atoms with Gasteiger partial charge in [0.2, 0.25) is 0 Å². The summed E-state index contributed by atoms with van der Waals surface area (Å²) in [6.45, 7) is 0. The van der Waals surface area contributed by atoms with Crippen molar-refractivity contribution >= 4 is 27.0 Å². The Bertz CT molecular complexity index is 786. The van der Waals surface area contributed by atoms with E-state index in [0.717, 1.165) is 6.26 Å². The van der Waals surface area contributed by atoms with Crippen LogP contribution in [0.1, 0.15) is 5.56 Å². The maximum Gasteiger partial charge on any atom is 0.175 e. The molecule has 2 rings (SSSR count). The van der Waals surface area contributed by atoms with Gasteiger partial charge in [-0.1, -0.05) is 12.2 Å². The van der Waals surface area contributed by atoms with Gasteiger partial charge in [-0.3, -0.25) is 0 Å². The van der Waals surface area contributed by atoms with Crippen LogP contribution in [0.4, 0.5) is 4.39 Å². The second kappa shape index (κ2) is 5.79. The summed E-state index contributed by atoms with van der Waals surface area (Å²) in [6, 6.07) is 9.84. The lowest BCUT2D eigenvalue weighted by molar-refractivity contribution is 0.442. The molecule has 0 heterocycles. The number of benzene rings is 2. The van der Waals surface area contributed by atoms with Crippen molar-refractivity contribution in [3.63, 3.8) is 0 Å². The molecule has 0 fully saturated rings. The average molecular weight is 325 g/mol. The van der Waals surface area contributed by atoms with Gasteiger partial charge >= 0.3 is 0 Å². The van der Waals surface area contributed by atoms with Gasteiger partial charge in [-0.2, -0.15) is 0 Å². The van der Waals surface area contributed by atoms with E-state index in [-0.39, 0.29) is 15.6 Å². The van der Waals surface area contributed by atoms with Crippen molar-refractivity contribution in [1.82, 2.24) is 0 Å². The summed E-state index contributed by atoms with van der Waals surface area (Å²) in [5, 5.41) is 0. The number of nitrogens with two attached hydrogens (primary N) is 1. The second-order valence-electron chi connectivity index (χ2n) is 4.36. The Labute approximate surface area is 127 Å². The molecule has 110 valence electrons. The molecule has 0 saturated carbocycles. The standard InChI is InChI=1S/C14H12FNO3S2/c1-21(17,18)11-5-3-10(4-6-11)19-13-7-2-9(14(16)20)8-12(13)15/h2-8H,1H3,(H2,16,20). The van der Waals surface area contributed by atoms with Crippen LogP contribution >= 0.6 is 12.2 Å². The van der Waals surface area contributed by atoms with Gasteiger partial charge < -0.3 is 10.5 Å². The summed E-state index contributed by atoms with van der Waals surface area (Å²) in [5.41, 5.74) is 5.81. The van der Waals surface area contributed by atoms with Crippen molar-refractivity contribution in [2.24, 2.45) is 5.73 Å². The van der Waals surface area contributed by atoms with Crippen molar-refractivity contribution < 1.29 is 17.5 Å². The van der Waals surface area contributed by atoms with Crippen molar-refractivity contribution in [2.45, 2.75) is 4.90 Å². The molecule has 0 spiro atoms. The number of ether oxygens (including phenoxy) is 1. The van der Waals surface area contributed by atoms with Gasteiger partial charge in [-0.15, -0.1) is 0 Å². The maximum atomic E-state index is 13.8. The third-order valence-electron chi connectivity index (χ3n) is 2.70. The van der Waals surface area contributed by atoms with Crippen LogP contribution in [0, 0.1) is 5.82 Å². The average Bonchev–Trinajstić information content (AvgIpc) is 2.40. The van der Waals surface area contributed by atoms with Crippen LogP contribution in [-0.4, -0.2) is 19.7 Å². The Balaban J connectivity index is 2.24. The summed E-state index contributed by atoms with van der Waals surface area (Å²) >= 11 is 4.76. The van der Waals surface area contributed by atoms with Crippen LogP contribution in [0.3, 0.4) is 0 Å². The first-order chi connectivity index (χ1) is 9.77. The van der Waals surface area contributed by atoms with E-state index in [4.69, 9.17) is 22.7 Å². The van der Waals surface area contributed by atoms with Crippen LogP contribution in [0.15, 0.2) is 47.4 Å². The summed E-state index contributed by atoms with van der Waals surface area (Å²) in [5.74, 6) is -0.279. The first kappa shape index (κ1) is 15.4. The van der Waals surface area contributed by atoms with Gasteiger partial charge in [0.25, 0.3) is 0 Å². The molecular formula is C14H12FNO3S2. The molecular weight excluding hydrogens is 313 g/mol. The monoisotopic (exact) mass is 325 g/mol. The molecule has 7 heteroatoms. The Morgan fingerprint density at radius 1 is 1.19 bits per heavy atom. The smallest absolute Gasteiger partial charge is 0.175 e. The molecule has 0 saturated heterocycles. The van der Waals surface area contributed by atoms with Crippen LogP contribution < -0.4 is 10.5 Å². The number of halogens is 1. The zero-order valence-corrected chi connectivity index (χ0v) is 12.7. The highest BCUT2D eigenvalue weighted by Gasteiger charge is 2.09. The van der Waals surface area contributed by atoms with E-state index < -0.39 is 15.7 Å². The minimum atomic E-state index is -3.27. The SMILES string of the molecule is CS(=O)(=O)c1ccc(Oc2ccc(C(N)=S)cc2F)cc1. The predicted molar refractivity (Wildman–Crippen MR) is 81.9 cm³/mol. The van der Waals surface area contributed by atoms with E-state index in [9.17, 15) is 12.8 Å². The Kier molecular flexibility index (Phi) is 4.24. The van der Waals surface area contributed by atoms with Gasteiger partial charge in [0.1, 0.15) is 10.7 Å². The molecule has 0 atom stereocenters. The summed E-state index contributed by atoms with van der Waals surface area (Å²) in [7, 11) is -3.27. The van der Waals surface area contributed by atoms with Crippen molar-refractivity contribution in [3.05, 3.63) is 53.8 Å². The van der Waals surface area contributed by atoms with Gasteiger partial charge in [0.05, 0.1) is 4.90 Å². The van der Waals surface area contributed by atoms with E-state index in [0.29, 0.717) is 11.3 Å². The lowest BCUT2D eigenvalue weighted by Gasteiger charge is -2.08. The molecule has 21 heavy (non-hydrogen) atoms. The zero-order chi connectivity index (χ0) is 15.6. The highest BCUT2D eigenvalue weighted by atomic mass is 32.2. The summed E-state index contributed by atoms with van der Waals surface area (Å²) < 4.78 is 41.9. The van der Waals surface area contributed by atoms with Gasteiger partial charge in [-0.25, -0.2) is 12.8 Å². The van der Waals surface area contributed by atoms with E-state index >= 15 is 0 Å². The molecule has 0 aromatic heterocycles. The van der Waals surface area contributed by atoms with E-state index in [2.05, 4.69) is 0 Å². The summed E-state index contributed by atoms with van der Waals surface area (Å²) in [6.07, 6.45) is 1.11.